The quantitative estimate of drug-likeness (QED) is 0.708. The van der Waals surface area contributed by atoms with Crippen molar-refractivity contribution in [3.63, 3.8) is 0 Å². The molecule has 130 valence electrons. The Labute approximate surface area is 152 Å². The highest BCUT2D eigenvalue weighted by Gasteiger charge is 2.24. The first-order valence-corrected chi connectivity index (χ1v) is 8.70. The van der Waals surface area contributed by atoms with E-state index in [0.717, 1.165) is 29.7 Å². The molecule has 0 bridgehead atoms. The van der Waals surface area contributed by atoms with Crippen molar-refractivity contribution in [1.29, 1.82) is 0 Å². The van der Waals surface area contributed by atoms with Crippen molar-refractivity contribution in [2.45, 2.75) is 19.3 Å². The fourth-order valence-corrected chi connectivity index (χ4v) is 3.49. The number of rotatable bonds is 3. The number of carbonyl (C=O) groups is 2. The van der Waals surface area contributed by atoms with Crippen molar-refractivity contribution in [3.8, 4) is 16.9 Å². The van der Waals surface area contributed by atoms with Gasteiger partial charge in [-0.1, -0.05) is 30.3 Å². The second kappa shape index (κ2) is 6.64. The summed E-state index contributed by atoms with van der Waals surface area (Å²) in [7, 11) is 1.59. The molecule has 0 aliphatic heterocycles. The summed E-state index contributed by atoms with van der Waals surface area (Å²) in [4.78, 5) is 25.2. The molecular weight excluding hydrogens is 326 g/mol. The van der Waals surface area contributed by atoms with Crippen LogP contribution in [-0.4, -0.2) is 23.4 Å². The average molecular weight is 345 g/mol. The Kier molecular flexibility index (Phi) is 4.17. The fraction of sp³-hybridized carbons (Fsp3) is 0.182. The largest absolute Gasteiger partial charge is 0.497 e. The third kappa shape index (κ3) is 2.84. The number of hydrogen-bond donors (Lipinski definition) is 0. The van der Waals surface area contributed by atoms with Gasteiger partial charge in [0.05, 0.1) is 7.11 Å². The van der Waals surface area contributed by atoms with Gasteiger partial charge in [-0.15, -0.1) is 0 Å². The molecule has 0 spiro atoms. The number of Topliss-reactive ketones (excluding diaryl/α,β-unsaturated/α-hetero) is 1. The second-order valence-electron chi connectivity index (χ2n) is 6.44. The Hall–Kier alpha value is -3.14. The van der Waals surface area contributed by atoms with Gasteiger partial charge in [-0.3, -0.25) is 14.2 Å². The summed E-state index contributed by atoms with van der Waals surface area (Å²) in [6.07, 6.45) is 3.80. The zero-order valence-corrected chi connectivity index (χ0v) is 14.6. The van der Waals surface area contributed by atoms with Crippen LogP contribution < -0.4 is 4.74 Å². The van der Waals surface area contributed by atoms with Crippen LogP contribution in [0.1, 0.15) is 39.3 Å². The minimum atomic E-state index is -0.142. The van der Waals surface area contributed by atoms with Crippen molar-refractivity contribution in [2.24, 2.45) is 0 Å². The maximum Gasteiger partial charge on any atom is 0.262 e. The summed E-state index contributed by atoms with van der Waals surface area (Å²) in [5, 5.41) is 0. The molecule has 0 saturated carbocycles. The lowest BCUT2D eigenvalue weighted by atomic mass is 9.96. The summed E-state index contributed by atoms with van der Waals surface area (Å²) in [6.45, 7) is 0. The van der Waals surface area contributed by atoms with Gasteiger partial charge in [0.15, 0.2) is 5.78 Å². The number of carbonyl (C=O) groups excluding carboxylic acids is 2. The van der Waals surface area contributed by atoms with Crippen LogP contribution in [-0.2, 0) is 6.42 Å². The molecule has 2 aromatic carbocycles. The molecule has 0 radical (unpaired) electrons. The van der Waals surface area contributed by atoms with E-state index in [9.17, 15) is 9.59 Å². The van der Waals surface area contributed by atoms with Crippen LogP contribution in [0.4, 0.5) is 0 Å². The Balaban J connectivity index is 1.78. The highest BCUT2D eigenvalue weighted by molar-refractivity contribution is 6.02. The number of nitrogens with zero attached hydrogens (tertiary/aromatic N) is 1. The van der Waals surface area contributed by atoms with Crippen LogP contribution in [0.3, 0.4) is 0 Å². The van der Waals surface area contributed by atoms with Gasteiger partial charge in [0.1, 0.15) is 5.75 Å². The number of aromatic nitrogens is 1. The molecule has 0 unspecified atom stereocenters. The third-order valence-corrected chi connectivity index (χ3v) is 4.82. The number of benzene rings is 2. The van der Waals surface area contributed by atoms with Crippen molar-refractivity contribution in [2.75, 3.05) is 7.11 Å². The summed E-state index contributed by atoms with van der Waals surface area (Å²) < 4.78 is 7.01. The molecule has 1 heterocycles. The summed E-state index contributed by atoms with van der Waals surface area (Å²) in [5.41, 5.74) is 3.97. The van der Waals surface area contributed by atoms with E-state index < -0.39 is 0 Å². The lowest BCUT2D eigenvalue weighted by Gasteiger charge is -2.15. The fourth-order valence-electron chi connectivity index (χ4n) is 3.49. The normalized spacial score (nSPS) is 13.3. The van der Waals surface area contributed by atoms with Crippen LogP contribution in [0.25, 0.3) is 11.1 Å². The lowest BCUT2D eigenvalue weighted by Crippen LogP contribution is -2.18. The van der Waals surface area contributed by atoms with Crippen LogP contribution in [0.5, 0.6) is 5.75 Å². The number of ether oxygens (including phenoxy) is 1. The van der Waals surface area contributed by atoms with E-state index in [0.29, 0.717) is 23.3 Å². The molecule has 26 heavy (non-hydrogen) atoms. The van der Waals surface area contributed by atoms with Gasteiger partial charge < -0.3 is 4.74 Å². The topological polar surface area (TPSA) is 48.3 Å². The summed E-state index contributed by atoms with van der Waals surface area (Å²) >= 11 is 0. The molecule has 0 saturated heterocycles. The molecule has 1 aliphatic carbocycles. The maximum absolute atomic E-state index is 13.1. The van der Waals surface area contributed by atoms with E-state index in [4.69, 9.17) is 4.74 Å². The van der Waals surface area contributed by atoms with Gasteiger partial charge in [0.25, 0.3) is 5.91 Å². The molecule has 0 N–H and O–H groups in total. The molecule has 4 nitrogen and oxygen atoms in total. The smallest absolute Gasteiger partial charge is 0.262 e. The molecule has 1 aliphatic rings. The van der Waals surface area contributed by atoms with Crippen molar-refractivity contribution in [1.82, 2.24) is 4.57 Å². The Morgan fingerprint density at radius 2 is 1.81 bits per heavy atom. The van der Waals surface area contributed by atoms with Crippen molar-refractivity contribution >= 4 is 11.7 Å². The van der Waals surface area contributed by atoms with Crippen LogP contribution in [0.15, 0.2) is 60.8 Å². The number of ketones is 1. The first-order valence-electron chi connectivity index (χ1n) is 8.70. The number of hydrogen-bond acceptors (Lipinski definition) is 3. The van der Waals surface area contributed by atoms with E-state index in [1.165, 1.54) is 0 Å². The highest BCUT2D eigenvalue weighted by atomic mass is 16.5. The molecule has 0 fully saturated rings. The first-order chi connectivity index (χ1) is 12.7. The van der Waals surface area contributed by atoms with Crippen LogP contribution in [0, 0.1) is 0 Å². The third-order valence-electron chi connectivity index (χ3n) is 4.82. The molecule has 4 heteroatoms. The number of fused-ring (bicyclic) bond motifs is 1. The second-order valence-corrected chi connectivity index (χ2v) is 6.44. The van der Waals surface area contributed by atoms with Crippen LogP contribution in [0.2, 0.25) is 0 Å². The van der Waals surface area contributed by atoms with Gasteiger partial charge in [-0.05, 0) is 48.2 Å². The van der Waals surface area contributed by atoms with Crippen molar-refractivity contribution < 1.29 is 14.3 Å². The monoisotopic (exact) mass is 345 g/mol. The Morgan fingerprint density at radius 1 is 1.00 bits per heavy atom. The van der Waals surface area contributed by atoms with E-state index in [1.807, 2.05) is 42.5 Å². The highest BCUT2D eigenvalue weighted by Crippen LogP contribution is 2.28. The molecule has 1 aromatic heterocycles. The van der Waals surface area contributed by atoms with Gasteiger partial charge in [-0.2, -0.15) is 0 Å². The van der Waals surface area contributed by atoms with E-state index in [2.05, 4.69) is 0 Å². The van der Waals surface area contributed by atoms with Gasteiger partial charge >= 0.3 is 0 Å². The minimum absolute atomic E-state index is 0.119. The average Bonchev–Trinajstić information content (AvgIpc) is 3.13. The zero-order valence-electron chi connectivity index (χ0n) is 14.6. The van der Waals surface area contributed by atoms with Crippen LogP contribution >= 0.6 is 0 Å². The molecule has 0 atom stereocenters. The summed E-state index contributed by atoms with van der Waals surface area (Å²) in [6, 6.07) is 17.2. The molecule has 0 amide bonds. The van der Waals surface area contributed by atoms with Crippen molar-refractivity contribution in [3.05, 3.63) is 77.6 Å². The SMILES string of the molecule is COc1cc(C(=O)n2ccc3c2CCCC3=O)cc(-c2ccccc2)c1. The molecular formula is C22H19NO3. The molecule has 4 rings (SSSR count). The van der Waals surface area contributed by atoms with Gasteiger partial charge in [0.2, 0.25) is 0 Å². The first kappa shape index (κ1) is 16.3. The maximum atomic E-state index is 13.1. The molecule has 3 aromatic rings. The standard InChI is InChI=1S/C22H19NO3/c1-26-18-13-16(15-6-3-2-4-7-15)12-17(14-18)22(25)23-11-10-19-20(23)8-5-9-21(19)24/h2-4,6-7,10-14H,5,8-9H2,1H3. The summed E-state index contributed by atoms with van der Waals surface area (Å²) in [5.74, 6) is 0.609. The van der Waals surface area contributed by atoms with E-state index >= 15 is 0 Å². The predicted octanol–water partition coefficient (Wildman–Crippen LogP) is 4.37. The van der Waals surface area contributed by atoms with E-state index in [-0.39, 0.29) is 11.7 Å². The minimum Gasteiger partial charge on any atom is -0.497 e. The van der Waals surface area contributed by atoms with Gasteiger partial charge in [-0.25, -0.2) is 0 Å². The lowest BCUT2D eigenvalue weighted by molar-refractivity contribution is 0.0953. The van der Waals surface area contributed by atoms with E-state index in [1.54, 1.807) is 30.0 Å². The Morgan fingerprint density at radius 3 is 2.58 bits per heavy atom. The number of methoxy groups -OCH3 is 1. The zero-order chi connectivity index (χ0) is 18.1. The Bertz CT molecular complexity index is 986. The van der Waals surface area contributed by atoms with Gasteiger partial charge in [0, 0.05) is 29.4 Å². The predicted molar refractivity (Wildman–Crippen MR) is 99.9 cm³/mol.